The number of amides is 2. The number of ether oxygens (including phenoxy) is 3. The van der Waals surface area contributed by atoms with Crippen LogP contribution in [0, 0.1) is 13.8 Å². The van der Waals surface area contributed by atoms with Gasteiger partial charge in [0, 0.05) is 12.7 Å². The van der Waals surface area contributed by atoms with E-state index in [1.165, 1.54) is 0 Å². The number of hydrogen-bond acceptors (Lipinski definition) is 6. The Labute approximate surface area is 201 Å². The van der Waals surface area contributed by atoms with Crippen LogP contribution in [0.15, 0.2) is 40.9 Å². The van der Waals surface area contributed by atoms with Crippen molar-refractivity contribution in [2.45, 2.75) is 26.9 Å². The Balaban J connectivity index is 1.82. The molecule has 0 radical (unpaired) electrons. The normalized spacial score (nSPS) is 11.3. The number of benzene rings is 2. The molecule has 2 aromatic carbocycles. The zero-order valence-electron chi connectivity index (χ0n) is 18.3. The molecular formula is C22H26BrN3O5S. The van der Waals surface area contributed by atoms with Crippen LogP contribution in [-0.2, 0) is 9.53 Å². The minimum Gasteiger partial charge on any atom is -0.490 e. The van der Waals surface area contributed by atoms with E-state index in [0.717, 1.165) is 11.1 Å². The lowest BCUT2D eigenvalue weighted by Crippen LogP contribution is -2.51. The van der Waals surface area contributed by atoms with Crippen molar-refractivity contribution < 1.29 is 23.8 Å². The Morgan fingerprint density at radius 2 is 1.81 bits per heavy atom. The Bertz CT molecular complexity index is 986. The van der Waals surface area contributed by atoms with Gasteiger partial charge in [-0.15, -0.1) is 0 Å². The number of carbonyl (C=O) groups excluding carboxylic acids is 2. The number of methoxy groups -OCH3 is 1. The number of carbonyl (C=O) groups is 2. The maximum absolute atomic E-state index is 12.4. The zero-order chi connectivity index (χ0) is 23.7. The summed E-state index contributed by atoms with van der Waals surface area (Å²) in [4.78, 5) is 24.7. The van der Waals surface area contributed by atoms with Crippen LogP contribution in [0.4, 0.5) is 0 Å². The molecule has 2 aromatic rings. The highest BCUT2D eigenvalue weighted by Crippen LogP contribution is 2.26. The van der Waals surface area contributed by atoms with Crippen LogP contribution < -0.4 is 25.6 Å². The largest absolute Gasteiger partial charge is 0.490 e. The molecule has 10 heteroatoms. The minimum atomic E-state index is -0.773. The highest BCUT2D eigenvalue weighted by molar-refractivity contribution is 9.10. The van der Waals surface area contributed by atoms with Crippen LogP contribution in [0.3, 0.4) is 0 Å². The maximum atomic E-state index is 12.4. The molecule has 2 amide bonds. The molecule has 1 atom stereocenters. The number of hydrazine groups is 1. The lowest BCUT2D eigenvalue weighted by atomic mass is 10.1. The Morgan fingerprint density at radius 3 is 2.47 bits per heavy atom. The number of nitrogens with one attached hydrogen (secondary N) is 3. The molecule has 0 saturated carbocycles. The van der Waals surface area contributed by atoms with Crippen molar-refractivity contribution in [3.8, 4) is 11.5 Å². The molecule has 0 aliphatic rings. The molecule has 0 spiro atoms. The summed E-state index contributed by atoms with van der Waals surface area (Å²) in [7, 11) is 1.59. The molecule has 32 heavy (non-hydrogen) atoms. The Morgan fingerprint density at radius 1 is 1.06 bits per heavy atom. The van der Waals surface area contributed by atoms with Crippen LogP contribution in [0.5, 0.6) is 11.5 Å². The van der Waals surface area contributed by atoms with Crippen molar-refractivity contribution in [2.75, 3.05) is 20.3 Å². The first-order valence-corrected chi connectivity index (χ1v) is 11.0. The molecule has 8 nitrogen and oxygen atoms in total. The molecule has 3 N–H and O–H groups in total. The second-order valence-electron chi connectivity index (χ2n) is 6.89. The molecule has 0 fully saturated rings. The van der Waals surface area contributed by atoms with E-state index in [-0.39, 0.29) is 5.11 Å². The van der Waals surface area contributed by atoms with Gasteiger partial charge in [-0.05, 0) is 90.4 Å². The van der Waals surface area contributed by atoms with Gasteiger partial charge in [-0.1, -0.05) is 6.07 Å². The van der Waals surface area contributed by atoms with Gasteiger partial charge in [0.1, 0.15) is 18.1 Å². The molecule has 0 heterocycles. The third-order valence-corrected chi connectivity index (χ3v) is 5.25. The van der Waals surface area contributed by atoms with Gasteiger partial charge in [0.05, 0.1) is 11.1 Å². The summed E-state index contributed by atoms with van der Waals surface area (Å²) in [6.07, 6.45) is -0.773. The van der Waals surface area contributed by atoms with Crippen molar-refractivity contribution in [3.05, 3.63) is 57.6 Å². The highest BCUT2D eigenvalue weighted by Gasteiger charge is 2.16. The topological polar surface area (TPSA) is 97.9 Å². The first-order valence-electron chi connectivity index (χ1n) is 9.77. The van der Waals surface area contributed by atoms with Gasteiger partial charge < -0.3 is 14.2 Å². The van der Waals surface area contributed by atoms with E-state index in [1.54, 1.807) is 38.3 Å². The van der Waals surface area contributed by atoms with E-state index in [1.807, 2.05) is 26.0 Å². The minimum absolute atomic E-state index is 0.0572. The molecule has 0 saturated heterocycles. The van der Waals surface area contributed by atoms with Gasteiger partial charge in [-0.2, -0.15) is 0 Å². The molecule has 0 bridgehead atoms. The molecule has 0 aliphatic heterocycles. The molecule has 0 aromatic heterocycles. The average molecular weight is 524 g/mol. The third-order valence-electron chi connectivity index (χ3n) is 4.43. The average Bonchev–Trinajstić information content (AvgIpc) is 2.75. The van der Waals surface area contributed by atoms with Crippen molar-refractivity contribution in [3.63, 3.8) is 0 Å². The van der Waals surface area contributed by atoms with Crippen molar-refractivity contribution in [1.29, 1.82) is 0 Å². The lowest BCUT2D eigenvalue weighted by molar-refractivity contribution is -0.127. The van der Waals surface area contributed by atoms with Gasteiger partial charge in [-0.3, -0.25) is 25.8 Å². The molecule has 172 valence electrons. The van der Waals surface area contributed by atoms with E-state index in [2.05, 4.69) is 32.1 Å². The number of rotatable bonds is 8. The lowest BCUT2D eigenvalue weighted by Gasteiger charge is -2.17. The van der Waals surface area contributed by atoms with Crippen LogP contribution >= 0.6 is 28.1 Å². The van der Waals surface area contributed by atoms with Crippen molar-refractivity contribution in [2.24, 2.45) is 0 Å². The second kappa shape index (κ2) is 12.4. The predicted molar refractivity (Wildman–Crippen MR) is 129 cm³/mol. The first-order chi connectivity index (χ1) is 15.2. The summed E-state index contributed by atoms with van der Waals surface area (Å²) >= 11 is 8.45. The van der Waals surface area contributed by atoms with Crippen molar-refractivity contribution >= 4 is 45.1 Å². The quantitative estimate of drug-likeness (QED) is 0.277. The summed E-state index contributed by atoms with van der Waals surface area (Å²) in [5.74, 6) is 0.289. The summed E-state index contributed by atoms with van der Waals surface area (Å²) in [6.45, 7) is 6.42. The van der Waals surface area contributed by atoms with Gasteiger partial charge in [0.25, 0.3) is 11.8 Å². The smallest absolute Gasteiger partial charge is 0.279 e. The van der Waals surface area contributed by atoms with Gasteiger partial charge in [-0.25, -0.2) is 0 Å². The molecular weight excluding hydrogens is 498 g/mol. The van der Waals surface area contributed by atoms with Gasteiger partial charge in [0.2, 0.25) is 0 Å². The predicted octanol–water partition coefficient (Wildman–Crippen LogP) is 3.19. The summed E-state index contributed by atoms with van der Waals surface area (Å²) < 4.78 is 16.7. The number of thiocarbonyl (C=S) groups is 1. The summed E-state index contributed by atoms with van der Waals surface area (Å²) in [5, 5.41) is 2.44. The van der Waals surface area contributed by atoms with Crippen LogP contribution in [0.1, 0.15) is 28.4 Å². The van der Waals surface area contributed by atoms with E-state index in [4.69, 9.17) is 26.4 Å². The Hall–Kier alpha value is -2.69. The molecule has 0 aliphatic carbocycles. The molecule has 2 rings (SSSR count). The van der Waals surface area contributed by atoms with E-state index in [0.29, 0.717) is 34.7 Å². The SMILES string of the molecule is COCCOc1ccc(C(=O)NC(=S)NNC(=O)C(C)Oc2ccc(C)c(C)c2)cc1Br. The molecule has 1 unspecified atom stereocenters. The van der Waals surface area contributed by atoms with Crippen LogP contribution in [0.25, 0.3) is 0 Å². The van der Waals surface area contributed by atoms with E-state index < -0.39 is 17.9 Å². The monoisotopic (exact) mass is 523 g/mol. The van der Waals surface area contributed by atoms with E-state index >= 15 is 0 Å². The summed E-state index contributed by atoms with van der Waals surface area (Å²) in [6, 6.07) is 10.5. The second-order valence-corrected chi connectivity index (χ2v) is 8.15. The summed E-state index contributed by atoms with van der Waals surface area (Å²) in [5.41, 5.74) is 7.49. The van der Waals surface area contributed by atoms with Gasteiger partial charge >= 0.3 is 0 Å². The highest BCUT2D eigenvalue weighted by atomic mass is 79.9. The number of halogens is 1. The first kappa shape index (κ1) is 25.6. The number of aryl methyl sites for hydroxylation is 2. The third kappa shape index (κ3) is 7.77. The van der Waals surface area contributed by atoms with Crippen LogP contribution in [-0.4, -0.2) is 43.4 Å². The van der Waals surface area contributed by atoms with Gasteiger partial charge in [0.15, 0.2) is 11.2 Å². The van der Waals surface area contributed by atoms with Crippen molar-refractivity contribution in [1.82, 2.24) is 16.2 Å². The van der Waals surface area contributed by atoms with E-state index in [9.17, 15) is 9.59 Å². The Kier molecular flexibility index (Phi) is 9.89. The zero-order valence-corrected chi connectivity index (χ0v) is 20.7. The fourth-order valence-corrected chi connectivity index (χ4v) is 3.10. The maximum Gasteiger partial charge on any atom is 0.279 e. The fourth-order valence-electron chi connectivity index (χ4n) is 2.47. The van der Waals surface area contributed by atoms with Crippen LogP contribution in [0.2, 0.25) is 0 Å². The fraction of sp³-hybridized carbons (Fsp3) is 0.318. The standard InChI is InChI=1S/C22H26BrN3O5S/c1-13-5-7-17(11-14(13)2)31-15(3)20(27)25-26-22(32)24-21(28)16-6-8-19(18(23)12-16)30-10-9-29-4/h5-8,11-12,15H,9-10H2,1-4H3,(H,25,27)(H2,24,26,28,32). The number of hydrogen-bond donors (Lipinski definition) is 3.